The van der Waals surface area contributed by atoms with Crippen LogP contribution in [0, 0.1) is 6.92 Å². The van der Waals surface area contributed by atoms with Gasteiger partial charge in [0.05, 0.1) is 4.88 Å². The molecule has 0 saturated carbocycles. The monoisotopic (exact) mass is 410 g/mol. The molecule has 0 unspecified atom stereocenters. The zero-order valence-electron chi connectivity index (χ0n) is 12.8. The Kier molecular flexibility index (Phi) is 6.51. The van der Waals surface area contributed by atoms with Gasteiger partial charge in [-0.15, -0.1) is 11.3 Å². The van der Waals surface area contributed by atoms with Crippen molar-refractivity contribution in [2.75, 3.05) is 18.5 Å². The predicted octanol–water partition coefficient (Wildman–Crippen LogP) is 2.73. The van der Waals surface area contributed by atoms with Gasteiger partial charge in [0.15, 0.2) is 6.61 Å². The Morgan fingerprint density at radius 2 is 1.83 bits per heavy atom. The second-order valence-electron chi connectivity index (χ2n) is 4.81. The molecule has 1 heterocycles. The normalized spacial score (nSPS) is 10.1. The summed E-state index contributed by atoms with van der Waals surface area (Å²) in [6, 6.07) is 10.5. The summed E-state index contributed by atoms with van der Waals surface area (Å²) >= 11 is 4.63. The number of anilines is 1. The van der Waals surface area contributed by atoms with Crippen LogP contribution >= 0.6 is 27.3 Å². The quantitative estimate of drug-likeness (QED) is 0.716. The lowest BCUT2D eigenvalue weighted by Crippen LogP contribution is -2.31. The maximum absolute atomic E-state index is 11.8. The molecule has 0 saturated heterocycles. The third kappa shape index (κ3) is 5.78. The molecule has 0 aliphatic heterocycles. The fourth-order valence-corrected chi connectivity index (χ4v) is 2.77. The minimum absolute atomic E-state index is 0.290. The first-order valence-electron chi connectivity index (χ1n) is 7.00. The molecule has 8 heteroatoms. The van der Waals surface area contributed by atoms with E-state index in [-0.39, 0.29) is 12.5 Å². The van der Waals surface area contributed by atoms with E-state index in [0.29, 0.717) is 10.6 Å². The molecule has 0 radical (unpaired) electrons. The van der Waals surface area contributed by atoms with Crippen molar-refractivity contribution >= 4 is 50.7 Å². The van der Waals surface area contributed by atoms with E-state index < -0.39 is 18.5 Å². The number of ether oxygens (including phenoxy) is 1. The van der Waals surface area contributed by atoms with Gasteiger partial charge in [-0.25, -0.2) is 0 Å². The van der Waals surface area contributed by atoms with Crippen LogP contribution in [0.25, 0.3) is 0 Å². The SMILES string of the molecule is Cc1ccc(C(=O)NCC(=O)OCC(=O)Nc2ccc(Br)cc2)s1. The molecule has 0 atom stereocenters. The van der Waals surface area contributed by atoms with Gasteiger partial charge in [-0.05, 0) is 43.3 Å². The van der Waals surface area contributed by atoms with E-state index in [4.69, 9.17) is 4.74 Å². The summed E-state index contributed by atoms with van der Waals surface area (Å²) in [6.07, 6.45) is 0. The number of thiophene rings is 1. The third-order valence-electron chi connectivity index (χ3n) is 2.85. The molecular weight excluding hydrogens is 396 g/mol. The molecule has 2 aromatic rings. The highest BCUT2D eigenvalue weighted by molar-refractivity contribution is 9.10. The van der Waals surface area contributed by atoms with Crippen molar-refractivity contribution in [1.82, 2.24) is 5.32 Å². The lowest BCUT2D eigenvalue weighted by atomic mass is 10.3. The van der Waals surface area contributed by atoms with Gasteiger partial charge >= 0.3 is 5.97 Å². The van der Waals surface area contributed by atoms with Crippen LogP contribution in [-0.4, -0.2) is 30.9 Å². The molecule has 0 bridgehead atoms. The van der Waals surface area contributed by atoms with E-state index in [1.807, 2.05) is 13.0 Å². The molecule has 0 aliphatic carbocycles. The Morgan fingerprint density at radius 3 is 2.46 bits per heavy atom. The zero-order valence-corrected chi connectivity index (χ0v) is 15.2. The van der Waals surface area contributed by atoms with Crippen LogP contribution in [0.5, 0.6) is 0 Å². The summed E-state index contributed by atoms with van der Waals surface area (Å²) in [5, 5.41) is 5.05. The number of aryl methyl sites for hydroxylation is 1. The molecule has 126 valence electrons. The molecule has 2 amide bonds. The van der Waals surface area contributed by atoms with Gasteiger partial charge in [0.2, 0.25) is 0 Å². The maximum atomic E-state index is 11.8. The molecule has 2 rings (SSSR count). The summed E-state index contributed by atoms with van der Waals surface area (Å²) < 4.78 is 5.71. The Bertz CT molecular complexity index is 743. The molecule has 0 aliphatic rings. The van der Waals surface area contributed by atoms with Crippen LogP contribution in [-0.2, 0) is 14.3 Å². The molecule has 24 heavy (non-hydrogen) atoms. The van der Waals surface area contributed by atoms with Gasteiger partial charge in [0.1, 0.15) is 6.54 Å². The van der Waals surface area contributed by atoms with E-state index in [9.17, 15) is 14.4 Å². The van der Waals surface area contributed by atoms with Crippen LogP contribution in [0.3, 0.4) is 0 Å². The standard InChI is InChI=1S/C16H15BrN2O4S/c1-10-2-7-13(24-10)16(22)18-8-15(21)23-9-14(20)19-12-5-3-11(17)4-6-12/h2-7H,8-9H2,1H3,(H,18,22)(H,19,20). The van der Waals surface area contributed by atoms with Gasteiger partial charge in [-0.2, -0.15) is 0 Å². The van der Waals surface area contributed by atoms with Gasteiger partial charge in [-0.3, -0.25) is 14.4 Å². The molecule has 0 fully saturated rings. The number of hydrogen-bond donors (Lipinski definition) is 2. The van der Waals surface area contributed by atoms with E-state index in [2.05, 4.69) is 26.6 Å². The highest BCUT2D eigenvalue weighted by Crippen LogP contribution is 2.15. The number of amides is 2. The number of carbonyl (C=O) groups is 3. The average Bonchev–Trinajstić information content (AvgIpc) is 2.99. The smallest absolute Gasteiger partial charge is 0.325 e. The number of rotatable bonds is 6. The van der Waals surface area contributed by atoms with E-state index in [0.717, 1.165) is 9.35 Å². The van der Waals surface area contributed by atoms with E-state index >= 15 is 0 Å². The molecule has 2 N–H and O–H groups in total. The number of carbonyl (C=O) groups excluding carboxylic acids is 3. The fraction of sp³-hybridized carbons (Fsp3) is 0.188. The number of nitrogens with one attached hydrogen (secondary N) is 2. The minimum Gasteiger partial charge on any atom is -0.454 e. The first kappa shape index (κ1) is 18.2. The highest BCUT2D eigenvalue weighted by Gasteiger charge is 2.12. The Hall–Kier alpha value is -2.19. The van der Waals surface area contributed by atoms with Crippen molar-refractivity contribution in [2.24, 2.45) is 0 Å². The van der Waals surface area contributed by atoms with Crippen molar-refractivity contribution in [3.63, 3.8) is 0 Å². The predicted molar refractivity (Wildman–Crippen MR) is 95.1 cm³/mol. The maximum Gasteiger partial charge on any atom is 0.325 e. The molecular formula is C16H15BrN2O4S. The largest absolute Gasteiger partial charge is 0.454 e. The minimum atomic E-state index is -0.678. The van der Waals surface area contributed by atoms with Crippen molar-refractivity contribution < 1.29 is 19.1 Å². The Labute approximate surface area is 151 Å². The van der Waals surface area contributed by atoms with Gasteiger partial charge < -0.3 is 15.4 Å². The van der Waals surface area contributed by atoms with Crippen LogP contribution < -0.4 is 10.6 Å². The summed E-state index contributed by atoms with van der Waals surface area (Å²) in [5.74, 6) is -1.47. The van der Waals surface area contributed by atoms with Gasteiger partial charge in [-0.1, -0.05) is 15.9 Å². The van der Waals surface area contributed by atoms with Gasteiger partial charge in [0, 0.05) is 15.0 Å². The van der Waals surface area contributed by atoms with Crippen LogP contribution in [0.1, 0.15) is 14.5 Å². The zero-order chi connectivity index (χ0) is 17.5. The van der Waals surface area contributed by atoms with Crippen LogP contribution in [0.15, 0.2) is 40.9 Å². The number of benzene rings is 1. The second-order valence-corrected chi connectivity index (χ2v) is 7.01. The van der Waals surface area contributed by atoms with Crippen molar-refractivity contribution in [2.45, 2.75) is 6.92 Å². The first-order valence-corrected chi connectivity index (χ1v) is 8.60. The van der Waals surface area contributed by atoms with Crippen molar-refractivity contribution in [3.8, 4) is 0 Å². The summed E-state index contributed by atoms with van der Waals surface area (Å²) in [4.78, 5) is 36.6. The topological polar surface area (TPSA) is 84.5 Å². The third-order valence-corrected chi connectivity index (χ3v) is 4.38. The van der Waals surface area contributed by atoms with E-state index in [1.165, 1.54) is 11.3 Å². The number of hydrogen-bond acceptors (Lipinski definition) is 5. The molecule has 6 nitrogen and oxygen atoms in total. The van der Waals surface area contributed by atoms with Gasteiger partial charge in [0.25, 0.3) is 11.8 Å². The van der Waals surface area contributed by atoms with Crippen molar-refractivity contribution in [1.29, 1.82) is 0 Å². The lowest BCUT2D eigenvalue weighted by molar-refractivity contribution is -0.146. The lowest BCUT2D eigenvalue weighted by Gasteiger charge is -2.07. The summed E-state index contributed by atoms with van der Waals surface area (Å²) in [6.45, 7) is 1.18. The Balaban J connectivity index is 1.69. The average molecular weight is 411 g/mol. The van der Waals surface area contributed by atoms with Crippen LogP contribution in [0.4, 0.5) is 5.69 Å². The summed E-state index contributed by atoms with van der Waals surface area (Å²) in [7, 11) is 0. The Morgan fingerprint density at radius 1 is 1.12 bits per heavy atom. The highest BCUT2D eigenvalue weighted by atomic mass is 79.9. The number of halogens is 1. The molecule has 1 aromatic carbocycles. The second kappa shape index (κ2) is 8.60. The summed E-state index contributed by atoms with van der Waals surface area (Å²) in [5.41, 5.74) is 0.598. The first-order chi connectivity index (χ1) is 11.4. The number of esters is 1. The van der Waals surface area contributed by atoms with E-state index in [1.54, 1.807) is 30.3 Å². The van der Waals surface area contributed by atoms with Crippen LogP contribution in [0.2, 0.25) is 0 Å². The molecule has 0 spiro atoms. The van der Waals surface area contributed by atoms with Crippen molar-refractivity contribution in [3.05, 3.63) is 50.6 Å². The molecule has 1 aromatic heterocycles. The fourth-order valence-electron chi connectivity index (χ4n) is 1.72.